The van der Waals surface area contributed by atoms with E-state index in [1.165, 1.54) is 0 Å². The van der Waals surface area contributed by atoms with Crippen molar-refractivity contribution in [2.75, 3.05) is 0 Å². The van der Waals surface area contributed by atoms with Gasteiger partial charge in [-0.2, -0.15) is 0 Å². The smallest absolute Gasteiger partial charge is 0.336 e. The van der Waals surface area contributed by atoms with Crippen LogP contribution in [0.2, 0.25) is 0 Å². The molecule has 0 aromatic heterocycles. The van der Waals surface area contributed by atoms with Gasteiger partial charge in [0.25, 0.3) is 0 Å². The maximum atomic E-state index is 10.9. The topological polar surface area (TPSA) is 37.3 Å². The number of benzene rings is 2. The lowest BCUT2D eigenvalue weighted by Crippen LogP contribution is -1.96. The van der Waals surface area contributed by atoms with E-state index in [1.54, 1.807) is 12.1 Å². The van der Waals surface area contributed by atoms with E-state index in [-0.39, 0.29) is 0 Å². The van der Waals surface area contributed by atoms with Crippen molar-refractivity contribution in [2.45, 2.75) is 6.92 Å². The number of carbonyl (C=O) groups is 1. The summed E-state index contributed by atoms with van der Waals surface area (Å²) < 4.78 is 0. The number of hydrogen-bond donors (Lipinski definition) is 1. The molecule has 0 unspecified atom stereocenters. The Morgan fingerprint density at radius 3 is 2.71 bits per heavy atom. The SMILES string of the molecule is Cc1ccc2cccc(C(=O)O)c2c1. The van der Waals surface area contributed by atoms with Crippen LogP contribution in [0.5, 0.6) is 0 Å². The predicted molar refractivity (Wildman–Crippen MR) is 55.6 cm³/mol. The second kappa shape index (κ2) is 3.14. The zero-order valence-electron chi connectivity index (χ0n) is 7.82. The first kappa shape index (κ1) is 8.75. The highest BCUT2D eigenvalue weighted by Crippen LogP contribution is 2.20. The largest absolute Gasteiger partial charge is 0.478 e. The fraction of sp³-hybridized carbons (Fsp3) is 0.0833. The van der Waals surface area contributed by atoms with Crippen LogP contribution in [0, 0.1) is 6.92 Å². The maximum Gasteiger partial charge on any atom is 0.336 e. The van der Waals surface area contributed by atoms with Crippen molar-refractivity contribution >= 4 is 16.7 Å². The van der Waals surface area contributed by atoms with Gasteiger partial charge in [-0.1, -0.05) is 35.9 Å². The molecule has 1 N–H and O–H groups in total. The quantitative estimate of drug-likeness (QED) is 0.743. The van der Waals surface area contributed by atoms with E-state index in [1.807, 2.05) is 31.2 Å². The summed E-state index contributed by atoms with van der Waals surface area (Å²) in [5.74, 6) is -0.874. The Morgan fingerprint density at radius 1 is 1.21 bits per heavy atom. The lowest BCUT2D eigenvalue weighted by atomic mass is 10.0. The van der Waals surface area contributed by atoms with E-state index in [0.717, 1.165) is 16.3 Å². The number of fused-ring (bicyclic) bond motifs is 1. The van der Waals surface area contributed by atoms with Crippen LogP contribution in [0.3, 0.4) is 0 Å². The lowest BCUT2D eigenvalue weighted by Gasteiger charge is -2.02. The molecular formula is C12H10O2. The second-order valence-corrected chi connectivity index (χ2v) is 3.34. The minimum absolute atomic E-state index is 0.367. The molecule has 0 saturated heterocycles. The molecule has 14 heavy (non-hydrogen) atoms. The highest BCUT2D eigenvalue weighted by atomic mass is 16.4. The van der Waals surface area contributed by atoms with Gasteiger partial charge in [0.1, 0.15) is 0 Å². The van der Waals surface area contributed by atoms with Crippen LogP contribution < -0.4 is 0 Å². The Morgan fingerprint density at radius 2 is 2.00 bits per heavy atom. The van der Waals surface area contributed by atoms with Gasteiger partial charge in [-0.3, -0.25) is 0 Å². The minimum Gasteiger partial charge on any atom is -0.478 e. The fourth-order valence-electron chi connectivity index (χ4n) is 1.57. The van der Waals surface area contributed by atoms with Crippen LogP contribution in [-0.2, 0) is 0 Å². The number of aromatic carboxylic acids is 1. The van der Waals surface area contributed by atoms with Crippen molar-refractivity contribution in [3.05, 3.63) is 47.5 Å². The lowest BCUT2D eigenvalue weighted by molar-refractivity contribution is 0.0699. The first-order chi connectivity index (χ1) is 6.68. The molecule has 2 rings (SSSR count). The Balaban J connectivity index is 2.84. The van der Waals surface area contributed by atoms with Gasteiger partial charge < -0.3 is 5.11 Å². The van der Waals surface area contributed by atoms with Gasteiger partial charge in [0.15, 0.2) is 0 Å². The van der Waals surface area contributed by atoms with Gasteiger partial charge in [0.2, 0.25) is 0 Å². The molecule has 2 aromatic rings. The van der Waals surface area contributed by atoms with Crippen molar-refractivity contribution in [3.63, 3.8) is 0 Å². The van der Waals surface area contributed by atoms with Crippen molar-refractivity contribution in [3.8, 4) is 0 Å². The average Bonchev–Trinajstić information content (AvgIpc) is 2.16. The van der Waals surface area contributed by atoms with Crippen LogP contribution in [0.15, 0.2) is 36.4 Å². The van der Waals surface area contributed by atoms with E-state index in [2.05, 4.69) is 0 Å². The normalized spacial score (nSPS) is 10.4. The second-order valence-electron chi connectivity index (χ2n) is 3.34. The molecule has 0 bridgehead atoms. The van der Waals surface area contributed by atoms with Gasteiger partial charge in [0, 0.05) is 0 Å². The summed E-state index contributed by atoms with van der Waals surface area (Å²) in [4.78, 5) is 10.9. The molecule has 2 aromatic carbocycles. The van der Waals surface area contributed by atoms with E-state index in [0.29, 0.717) is 5.56 Å². The monoisotopic (exact) mass is 186 g/mol. The third kappa shape index (κ3) is 1.35. The summed E-state index contributed by atoms with van der Waals surface area (Å²) in [6, 6.07) is 11.1. The van der Waals surface area contributed by atoms with E-state index in [4.69, 9.17) is 5.11 Å². The molecule has 0 aliphatic rings. The van der Waals surface area contributed by atoms with Crippen LogP contribution in [0.25, 0.3) is 10.8 Å². The highest BCUT2D eigenvalue weighted by molar-refractivity contribution is 6.03. The summed E-state index contributed by atoms with van der Waals surface area (Å²) >= 11 is 0. The molecule has 0 aliphatic heterocycles. The average molecular weight is 186 g/mol. The number of rotatable bonds is 1. The van der Waals surface area contributed by atoms with Crippen LogP contribution >= 0.6 is 0 Å². The Labute approximate surface area is 81.8 Å². The van der Waals surface area contributed by atoms with E-state index >= 15 is 0 Å². The van der Waals surface area contributed by atoms with Crippen molar-refractivity contribution in [2.24, 2.45) is 0 Å². The summed E-state index contributed by atoms with van der Waals surface area (Å²) in [5, 5.41) is 10.7. The molecule has 0 aliphatic carbocycles. The summed E-state index contributed by atoms with van der Waals surface area (Å²) in [5.41, 5.74) is 1.44. The van der Waals surface area contributed by atoms with E-state index < -0.39 is 5.97 Å². The Kier molecular flexibility index (Phi) is 1.97. The highest BCUT2D eigenvalue weighted by Gasteiger charge is 2.06. The third-order valence-corrected chi connectivity index (χ3v) is 2.27. The number of carboxylic acids is 1. The van der Waals surface area contributed by atoms with Crippen molar-refractivity contribution in [1.29, 1.82) is 0 Å². The summed E-state index contributed by atoms with van der Waals surface area (Å²) in [6.45, 7) is 1.96. The first-order valence-corrected chi connectivity index (χ1v) is 4.41. The zero-order valence-corrected chi connectivity index (χ0v) is 7.82. The zero-order chi connectivity index (χ0) is 10.1. The fourth-order valence-corrected chi connectivity index (χ4v) is 1.57. The molecule has 0 spiro atoms. The molecule has 0 fully saturated rings. The number of aryl methyl sites for hydroxylation is 1. The molecule has 0 saturated carbocycles. The molecule has 2 nitrogen and oxygen atoms in total. The number of carboxylic acid groups (broad SMARTS) is 1. The third-order valence-electron chi connectivity index (χ3n) is 2.27. The van der Waals surface area contributed by atoms with Crippen molar-refractivity contribution < 1.29 is 9.90 Å². The molecule has 0 amide bonds. The van der Waals surface area contributed by atoms with Gasteiger partial charge in [-0.05, 0) is 23.8 Å². The van der Waals surface area contributed by atoms with Crippen LogP contribution in [0.1, 0.15) is 15.9 Å². The summed E-state index contributed by atoms with van der Waals surface area (Å²) in [7, 11) is 0. The molecular weight excluding hydrogens is 176 g/mol. The molecule has 0 atom stereocenters. The standard InChI is InChI=1S/C12H10O2/c1-8-5-6-9-3-2-4-10(12(13)14)11(9)7-8/h2-7H,1H3,(H,13,14). The predicted octanol–water partition coefficient (Wildman–Crippen LogP) is 2.85. The Bertz CT molecular complexity index is 501. The van der Waals surface area contributed by atoms with Crippen LogP contribution in [0.4, 0.5) is 0 Å². The minimum atomic E-state index is -0.874. The maximum absolute atomic E-state index is 10.9. The first-order valence-electron chi connectivity index (χ1n) is 4.41. The molecule has 2 heteroatoms. The van der Waals surface area contributed by atoms with Gasteiger partial charge in [-0.15, -0.1) is 0 Å². The van der Waals surface area contributed by atoms with Crippen LogP contribution in [-0.4, -0.2) is 11.1 Å². The van der Waals surface area contributed by atoms with E-state index in [9.17, 15) is 4.79 Å². The molecule has 70 valence electrons. The summed E-state index contributed by atoms with van der Waals surface area (Å²) in [6.07, 6.45) is 0. The number of hydrogen-bond acceptors (Lipinski definition) is 1. The van der Waals surface area contributed by atoms with Crippen molar-refractivity contribution in [1.82, 2.24) is 0 Å². The molecule has 0 radical (unpaired) electrons. The van der Waals surface area contributed by atoms with Gasteiger partial charge in [-0.25, -0.2) is 4.79 Å². The molecule has 0 heterocycles. The van der Waals surface area contributed by atoms with Gasteiger partial charge in [0.05, 0.1) is 5.56 Å². The Hall–Kier alpha value is -1.83. The van der Waals surface area contributed by atoms with Gasteiger partial charge >= 0.3 is 5.97 Å².